The third kappa shape index (κ3) is 2.13. The summed E-state index contributed by atoms with van der Waals surface area (Å²) < 4.78 is 25.2. The van der Waals surface area contributed by atoms with Crippen molar-refractivity contribution in [2.45, 2.75) is 18.1 Å². The normalized spacial score (nSPS) is 16.6. The minimum Gasteiger partial charge on any atom is -0.266 e. The second-order valence-electron chi connectivity index (χ2n) is 3.09. The van der Waals surface area contributed by atoms with E-state index in [-0.39, 0.29) is 16.2 Å². The van der Waals surface area contributed by atoms with E-state index >= 15 is 0 Å². The predicted octanol–water partition coefficient (Wildman–Crippen LogP) is 1.03. The lowest BCUT2D eigenvalue weighted by Crippen LogP contribution is -2.18. The fourth-order valence-corrected chi connectivity index (χ4v) is 2.40. The molecule has 1 heterocycles. The maximum atomic E-state index is 11.4. The van der Waals surface area contributed by atoms with Gasteiger partial charge in [-0.15, -0.1) is 10.2 Å². The zero-order chi connectivity index (χ0) is 10.2. The number of aromatic nitrogens is 2. The molecule has 0 aromatic carbocycles. The van der Waals surface area contributed by atoms with Crippen molar-refractivity contribution in [3.63, 3.8) is 0 Å². The van der Waals surface area contributed by atoms with Crippen LogP contribution in [0, 0.1) is 0 Å². The lowest BCUT2D eigenvalue weighted by Gasteiger charge is -2.04. The van der Waals surface area contributed by atoms with E-state index in [1.807, 2.05) is 0 Å². The van der Waals surface area contributed by atoms with Crippen LogP contribution >= 0.6 is 11.6 Å². The summed E-state index contributed by atoms with van der Waals surface area (Å²) in [5.41, 5.74) is 0. The maximum Gasteiger partial charge on any atom is 0.236 e. The van der Waals surface area contributed by atoms with Crippen molar-refractivity contribution in [3.8, 4) is 0 Å². The quantitative estimate of drug-likeness (QED) is 0.847. The molecule has 1 aliphatic carbocycles. The van der Waals surface area contributed by atoms with Gasteiger partial charge in [-0.2, -0.15) is 0 Å². The first-order valence-electron chi connectivity index (χ1n) is 4.09. The summed E-state index contributed by atoms with van der Waals surface area (Å²) in [6, 6.07) is 2.97. The minimum atomic E-state index is -3.25. The van der Waals surface area contributed by atoms with Crippen molar-refractivity contribution in [3.05, 3.63) is 17.3 Å². The zero-order valence-electron chi connectivity index (χ0n) is 7.14. The Labute approximate surface area is 86.5 Å². The van der Waals surface area contributed by atoms with Gasteiger partial charge in [0.15, 0.2) is 11.0 Å². The van der Waals surface area contributed by atoms with E-state index in [1.54, 1.807) is 0 Å². The van der Waals surface area contributed by atoms with Crippen LogP contribution < -0.4 is 4.72 Å². The molecule has 5 nitrogen and oxygen atoms in total. The Balaban J connectivity index is 2.14. The third-order valence-corrected chi connectivity index (χ3v) is 3.89. The SMILES string of the molecule is O=S(=O)(Nc1ccc(Cl)nn1)C1CC1. The van der Waals surface area contributed by atoms with Crippen molar-refractivity contribution in [2.75, 3.05) is 4.72 Å². The zero-order valence-corrected chi connectivity index (χ0v) is 8.72. The average Bonchev–Trinajstić information content (AvgIpc) is 2.91. The monoisotopic (exact) mass is 233 g/mol. The van der Waals surface area contributed by atoms with Crippen LogP contribution in [0.5, 0.6) is 0 Å². The van der Waals surface area contributed by atoms with Crippen LogP contribution in [0.1, 0.15) is 12.8 Å². The van der Waals surface area contributed by atoms with Gasteiger partial charge in [-0.05, 0) is 25.0 Å². The van der Waals surface area contributed by atoms with E-state index in [1.165, 1.54) is 12.1 Å². The van der Waals surface area contributed by atoms with Gasteiger partial charge in [0.25, 0.3) is 0 Å². The topological polar surface area (TPSA) is 72.0 Å². The van der Waals surface area contributed by atoms with E-state index in [9.17, 15) is 8.42 Å². The Kier molecular flexibility index (Phi) is 2.32. The molecular formula is C7H8ClN3O2S. The fourth-order valence-electron chi connectivity index (χ4n) is 0.978. The van der Waals surface area contributed by atoms with Gasteiger partial charge in [0.05, 0.1) is 5.25 Å². The molecule has 76 valence electrons. The van der Waals surface area contributed by atoms with Crippen LogP contribution in [-0.2, 0) is 10.0 Å². The van der Waals surface area contributed by atoms with E-state index in [0.717, 1.165) is 12.8 Å². The number of hydrogen-bond donors (Lipinski definition) is 1. The molecule has 1 fully saturated rings. The maximum absolute atomic E-state index is 11.4. The van der Waals surface area contributed by atoms with Crippen molar-refractivity contribution >= 4 is 27.4 Å². The first-order valence-corrected chi connectivity index (χ1v) is 6.01. The summed E-state index contributed by atoms with van der Waals surface area (Å²) in [5, 5.41) is 7.10. The Morgan fingerprint density at radius 2 is 2.07 bits per heavy atom. The number of anilines is 1. The molecule has 2 rings (SSSR count). The van der Waals surface area contributed by atoms with Gasteiger partial charge in [-0.3, -0.25) is 4.72 Å². The number of sulfonamides is 1. The molecule has 0 aliphatic heterocycles. The lowest BCUT2D eigenvalue weighted by molar-refractivity contribution is 0.599. The van der Waals surface area contributed by atoms with E-state index in [4.69, 9.17) is 11.6 Å². The molecule has 7 heteroatoms. The minimum absolute atomic E-state index is 0.210. The standard InChI is InChI=1S/C7H8ClN3O2S/c8-6-3-4-7(10-9-6)11-14(12,13)5-1-2-5/h3-5H,1-2H2,(H,10,11). The molecule has 0 radical (unpaired) electrons. The summed E-state index contributed by atoms with van der Waals surface area (Å²) >= 11 is 5.51. The molecule has 1 N–H and O–H groups in total. The summed E-state index contributed by atoms with van der Waals surface area (Å²) in [6.07, 6.45) is 1.44. The van der Waals surface area contributed by atoms with E-state index in [2.05, 4.69) is 14.9 Å². The number of rotatable bonds is 3. The number of halogens is 1. The van der Waals surface area contributed by atoms with E-state index < -0.39 is 10.0 Å². The highest BCUT2D eigenvalue weighted by molar-refractivity contribution is 7.93. The number of hydrogen-bond acceptors (Lipinski definition) is 4. The highest BCUT2D eigenvalue weighted by Gasteiger charge is 2.35. The summed E-state index contributed by atoms with van der Waals surface area (Å²) in [5.74, 6) is 0.210. The highest BCUT2D eigenvalue weighted by Crippen LogP contribution is 2.29. The van der Waals surface area contributed by atoms with E-state index in [0.29, 0.717) is 0 Å². The van der Waals surface area contributed by atoms with Crippen molar-refractivity contribution in [1.82, 2.24) is 10.2 Å². The van der Waals surface area contributed by atoms with Gasteiger partial charge in [0.2, 0.25) is 10.0 Å². The predicted molar refractivity (Wildman–Crippen MR) is 52.6 cm³/mol. The van der Waals surface area contributed by atoms with Crippen LogP contribution in [0.3, 0.4) is 0 Å². The second-order valence-corrected chi connectivity index (χ2v) is 5.44. The molecule has 0 amide bonds. The Morgan fingerprint density at radius 1 is 1.36 bits per heavy atom. The highest BCUT2D eigenvalue weighted by atomic mass is 35.5. The molecular weight excluding hydrogens is 226 g/mol. The number of nitrogens with zero attached hydrogens (tertiary/aromatic N) is 2. The molecule has 1 aromatic heterocycles. The second kappa shape index (κ2) is 3.36. The Morgan fingerprint density at radius 3 is 2.57 bits per heavy atom. The molecule has 1 aliphatic rings. The van der Waals surface area contributed by atoms with Gasteiger partial charge in [0, 0.05) is 0 Å². The van der Waals surface area contributed by atoms with Crippen LogP contribution in [0.2, 0.25) is 5.15 Å². The van der Waals surface area contributed by atoms with Crippen molar-refractivity contribution in [1.29, 1.82) is 0 Å². The lowest BCUT2D eigenvalue weighted by atomic mass is 10.5. The fraction of sp³-hybridized carbons (Fsp3) is 0.429. The van der Waals surface area contributed by atoms with Crippen molar-refractivity contribution < 1.29 is 8.42 Å². The van der Waals surface area contributed by atoms with Gasteiger partial charge < -0.3 is 0 Å². The molecule has 0 unspecified atom stereocenters. The average molecular weight is 234 g/mol. The van der Waals surface area contributed by atoms with Crippen LogP contribution in [0.4, 0.5) is 5.82 Å². The van der Waals surface area contributed by atoms with Crippen molar-refractivity contribution in [2.24, 2.45) is 0 Å². The van der Waals surface area contributed by atoms with Crippen LogP contribution in [-0.4, -0.2) is 23.9 Å². The first kappa shape index (κ1) is 9.67. The van der Waals surface area contributed by atoms with Gasteiger partial charge >= 0.3 is 0 Å². The molecule has 0 saturated heterocycles. The molecule has 0 atom stereocenters. The number of nitrogens with one attached hydrogen (secondary N) is 1. The molecule has 0 spiro atoms. The molecule has 0 bridgehead atoms. The Hall–Kier alpha value is -0.880. The molecule has 14 heavy (non-hydrogen) atoms. The van der Waals surface area contributed by atoms with Crippen LogP contribution in [0.15, 0.2) is 12.1 Å². The summed E-state index contributed by atoms with van der Waals surface area (Å²) in [6.45, 7) is 0. The first-order chi connectivity index (χ1) is 6.58. The summed E-state index contributed by atoms with van der Waals surface area (Å²) in [4.78, 5) is 0. The third-order valence-electron chi connectivity index (χ3n) is 1.84. The molecule has 1 saturated carbocycles. The smallest absolute Gasteiger partial charge is 0.236 e. The van der Waals surface area contributed by atoms with Gasteiger partial charge in [-0.25, -0.2) is 8.42 Å². The Bertz CT molecular complexity index is 427. The molecule has 1 aromatic rings. The summed E-state index contributed by atoms with van der Waals surface area (Å²) in [7, 11) is -3.25. The largest absolute Gasteiger partial charge is 0.266 e. The van der Waals surface area contributed by atoms with Gasteiger partial charge in [-0.1, -0.05) is 11.6 Å². The van der Waals surface area contributed by atoms with Gasteiger partial charge in [0.1, 0.15) is 0 Å². The van der Waals surface area contributed by atoms with Crippen LogP contribution in [0.25, 0.3) is 0 Å².